The fourth-order valence-corrected chi connectivity index (χ4v) is 2.10. The highest BCUT2D eigenvalue weighted by Crippen LogP contribution is 2.25. The van der Waals surface area contributed by atoms with Gasteiger partial charge in [0, 0.05) is 19.2 Å². The summed E-state index contributed by atoms with van der Waals surface area (Å²) < 4.78 is 5.52. The van der Waals surface area contributed by atoms with Gasteiger partial charge in [-0.05, 0) is 18.2 Å². The van der Waals surface area contributed by atoms with Crippen LogP contribution in [0.2, 0.25) is 5.02 Å². The number of hydrogen-bond acceptors (Lipinski definition) is 4. The van der Waals surface area contributed by atoms with Crippen molar-refractivity contribution in [3.05, 3.63) is 69.2 Å². The van der Waals surface area contributed by atoms with Crippen molar-refractivity contribution >= 4 is 17.3 Å². The number of para-hydroxylation sites is 1. The Balaban J connectivity index is 1.83. The second-order valence-corrected chi connectivity index (χ2v) is 4.74. The minimum atomic E-state index is -0.427. The molecule has 21 heavy (non-hydrogen) atoms. The number of nitro benzene ring substituents is 1. The number of nitro groups is 1. The number of halogens is 1. The van der Waals surface area contributed by atoms with Crippen molar-refractivity contribution in [2.75, 3.05) is 13.2 Å². The first-order valence-electron chi connectivity index (χ1n) is 6.49. The molecule has 1 N–H and O–H groups in total. The van der Waals surface area contributed by atoms with Crippen molar-refractivity contribution in [3.8, 4) is 5.75 Å². The van der Waals surface area contributed by atoms with E-state index < -0.39 is 4.92 Å². The van der Waals surface area contributed by atoms with Gasteiger partial charge in [-0.1, -0.05) is 35.9 Å². The molecule has 6 heteroatoms. The zero-order valence-electron chi connectivity index (χ0n) is 11.3. The number of benzene rings is 2. The molecular formula is C15H15ClN2O3. The molecule has 0 saturated heterocycles. The molecule has 2 rings (SSSR count). The Kier molecular flexibility index (Phi) is 5.54. The van der Waals surface area contributed by atoms with Crippen LogP contribution in [0, 0.1) is 10.1 Å². The molecule has 0 aromatic heterocycles. The molecule has 0 heterocycles. The van der Waals surface area contributed by atoms with E-state index in [0.29, 0.717) is 30.3 Å². The molecule has 0 radical (unpaired) electrons. The first kappa shape index (κ1) is 15.3. The van der Waals surface area contributed by atoms with E-state index in [-0.39, 0.29) is 5.69 Å². The standard InChI is InChI=1S/C15H15ClN2O3/c16-14-7-4-8-15(18(19)20)13(14)11-17-9-10-21-12-5-2-1-3-6-12/h1-8,17H,9-11H2. The molecule has 110 valence electrons. The van der Waals surface area contributed by atoms with Gasteiger partial charge in [-0.25, -0.2) is 0 Å². The number of nitrogens with one attached hydrogen (secondary N) is 1. The number of rotatable bonds is 7. The average Bonchev–Trinajstić information content (AvgIpc) is 2.49. The highest BCUT2D eigenvalue weighted by atomic mass is 35.5. The molecule has 0 aliphatic carbocycles. The average molecular weight is 307 g/mol. The molecule has 0 atom stereocenters. The summed E-state index contributed by atoms with van der Waals surface area (Å²) in [6.45, 7) is 1.37. The Hall–Kier alpha value is -2.11. The third-order valence-corrected chi connectivity index (χ3v) is 3.24. The van der Waals surface area contributed by atoms with Crippen LogP contribution in [0.1, 0.15) is 5.56 Å². The molecule has 2 aromatic rings. The molecule has 0 spiro atoms. The number of nitrogens with zero attached hydrogens (tertiary/aromatic N) is 1. The van der Waals surface area contributed by atoms with Crippen LogP contribution < -0.4 is 10.1 Å². The lowest BCUT2D eigenvalue weighted by Crippen LogP contribution is -2.21. The molecule has 0 bridgehead atoms. The van der Waals surface area contributed by atoms with E-state index in [1.807, 2.05) is 30.3 Å². The van der Waals surface area contributed by atoms with Crippen molar-refractivity contribution in [1.29, 1.82) is 0 Å². The van der Waals surface area contributed by atoms with Crippen LogP contribution in [0.15, 0.2) is 48.5 Å². The Morgan fingerprint density at radius 2 is 1.90 bits per heavy atom. The smallest absolute Gasteiger partial charge is 0.275 e. The van der Waals surface area contributed by atoms with E-state index in [4.69, 9.17) is 16.3 Å². The van der Waals surface area contributed by atoms with Crippen LogP contribution >= 0.6 is 11.6 Å². The first-order valence-corrected chi connectivity index (χ1v) is 6.86. The number of hydrogen-bond donors (Lipinski definition) is 1. The van der Waals surface area contributed by atoms with Gasteiger partial charge in [0.15, 0.2) is 0 Å². The molecular weight excluding hydrogens is 292 g/mol. The summed E-state index contributed by atoms with van der Waals surface area (Å²) in [5, 5.41) is 14.4. The van der Waals surface area contributed by atoms with Gasteiger partial charge in [0.25, 0.3) is 5.69 Å². The molecule has 0 saturated carbocycles. The van der Waals surface area contributed by atoms with Crippen LogP contribution in [-0.4, -0.2) is 18.1 Å². The van der Waals surface area contributed by atoms with Crippen LogP contribution in [0.4, 0.5) is 5.69 Å². The maximum absolute atomic E-state index is 10.9. The number of ether oxygens (including phenoxy) is 1. The highest BCUT2D eigenvalue weighted by Gasteiger charge is 2.15. The minimum absolute atomic E-state index is 0.0268. The van der Waals surface area contributed by atoms with Crippen molar-refractivity contribution < 1.29 is 9.66 Å². The van der Waals surface area contributed by atoms with Crippen molar-refractivity contribution in [2.45, 2.75) is 6.54 Å². The molecule has 0 unspecified atom stereocenters. The van der Waals surface area contributed by atoms with E-state index in [1.54, 1.807) is 12.1 Å². The molecule has 0 aliphatic rings. The summed E-state index contributed by atoms with van der Waals surface area (Å²) in [6, 6.07) is 14.1. The van der Waals surface area contributed by atoms with Crippen LogP contribution in [-0.2, 0) is 6.54 Å². The van der Waals surface area contributed by atoms with Crippen LogP contribution in [0.5, 0.6) is 5.75 Å². The molecule has 0 fully saturated rings. The SMILES string of the molecule is O=[N+]([O-])c1cccc(Cl)c1CNCCOc1ccccc1. The molecule has 0 aliphatic heterocycles. The van der Waals surface area contributed by atoms with Gasteiger partial charge < -0.3 is 10.1 Å². The van der Waals surface area contributed by atoms with Crippen molar-refractivity contribution in [3.63, 3.8) is 0 Å². The van der Waals surface area contributed by atoms with Crippen LogP contribution in [0.3, 0.4) is 0 Å². The summed E-state index contributed by atoms with van der Waals surface area (Å²) in [4.78, 5) is 10.5. The van der Waals surface area contributed by atoms with Gasteiger partial charge in [-0.3, -0.25) is 10.1 Å². The lowest BCUT2D eigenvalue weighted by Gasteiger charge is -2.09. The van der Waals surface area contributed by atoms with E-state index in [2.05, 4.69) is 5.32 Å². The molecule has 5 nitrogen and oxygen atoms in total. The van der Waals surface area contributed by atoms with Gasteiger partial charge in [-0.15, -0.1) is 0 Å². The first-order chi connectivity index (χ1) is 10.2. The zero-order chi connectivity index (χ0) is 15.1. The van der Waals surface area contributed by atoms with Gasteiger partial charge in [0.05, 0.1) is 15.5 Å². The topological polar surface area (TPSA) is 64.4 Å². The Morgan fingerprint density at radius 1 is 1.14 bits per heavy atom. The predicted octanol–water partition coefficient (Wildman–Crippen LogP) is 3.42. The van der Waals surface area contributed by atoms with Gasteiger partial charge in [-0.2, -0.15) is 0 Å². The predicted molar refractivity (Wildman–Crippen MR) is 81.8 cm³/mol. The summed E-state index contributed by atoms with van der Waals surface area (Å²) in [5.74, 6) is 0.794. The Labute approximate surface area is 127 Å². The van der Waals surface area contributed by atoms with Gasteiger partial charge >= 0.3 is 0 Å². The Morgan fingerprint density at radius 3 is 2.62 bits per heavy atom. The van der Waals surface area contributed by atoms with Gasteiger partial charge in [0.2, 0.25) is 0 Å². The molecule has 0 amide bonds. The van der Waals surface area contributed by atoms with E-state index >= 15 is 0 Å². The van der Waals surface area contributed by atoms with Crippen LogP contribution in [0.25, 0.3) is 0 Å². The lowest BCUT2D eigenvalue weighted by molar-refractivity contribution is -0.385. The van der Waals surface area contributed by atoms with Crippen molar-refractivity contribution in [1.82, 2.24) is 5.32 Å². The second kappa shape index (κ2) is 7.61. The van der Waals surface area contributed by atoms with E-state index in [1.165, 1.54) is 6.07 Å². The Bertz CT molecular complexity index is 605. The third-order valence-electron chi connectivity index (χ3n) is 2.88. The highest BCUT2D eigenvalue weighted by molar-refractivity contribution is 6.31. The largest absolute Gasteiger partial charge is 0.492 e. The fourth-order valence-electron chi connectivity index (χ4n) is 1.86. The fraction of sp³-hybridized carbons (Fsp3) is 0.200. The monoisotopic (exact) mass is 306 g/mol. The maximum atomic E-state index is 10.9. The summed E-state index contributed by atoms with van der Waals surface area (Å²) in [6.07, 6.45) is 0. The quantitative estimate of drug-likeness (QED) is 0.483. The second-order valence-electron chi connectivity index (χ2n) is 4.33. The van der Waals surface area contributed by atoms with Gasteiger partial charge in [0.1, 0.15) is 12.4 Å². The van der Waals surface area contributed by atoms with Crippen molar-refractivity contribution in [2.24, 2.45) is 0 Å². The van der Waals surface area contributed by atoms with E-state index in [9.17, 15) is 10.1 Å². The molecule has 2 aromatic carbocycles. The minimum Gasteiger partial charge on any atom is -0.492 e. The van der Waals surface area contributed by atoms with E-state index in [0.717, 1.165) is 5.75 Å². The summed E-state index contributed by atoms with van der Waals surface area (Å²) in [5.41, 5.74) is 0.517. The summed E-state index contributed by atoms with van der Waals surface area (Å²) in [7, 11) is 0. The maximum Gasteiger partial charge on any atom is 0.275 e. The normalized spacial score (nSPS) is 10.3. The zero-order valence-corrected chi connectivity index (χ0v) is 12.0. The third kappa shape index (κ3) is 4.44. The lowest BCUT2D eigenvalue weighted by atomic mass is 10.2. The summed E-state index contributed by atoms with van der Waals surface area (Å²) >= 11 is 6.01.